The Morgan fingerprint density at radius 3 is 2.10 bits per heavy atom. The van der Waals surface area contributed by atoms with Crippen molar-refractivity contribution in [2.45, 2.75) is 49.8 Å². The van der Waals surface area contributed by atoms with Gasteiger partial charge in [0.1, 0.15) is 0 Å². The lowest BCUT2D eigenvalue weighted by Crippen LogP contribution is -2.39. The van der Waals surface area contributed by atoms with E-state index >= 15 is 0 Å². The second kappa shape index (κ2) is 2.51. The highest BCUT2D eigenvalue weighted by molar-refractivity contribution is 9.09. The van der Waals surface area contributed by atoms with Crippen LogP contribution in [-0.4, -0.2) is 4.83 Å². The minimum atomic E-state index is 0.826. The molecule has 2 fully saturated rings. The van der Waals surface area contributed by atoms with Crippen molar-refractivity contribution in [1.82, 2.24) is 0 Å². The zero-order valence-electron chi connectivity index (χ0n) is 6.41. The lowest BCUT2D eigenvalue weighted by atomic mass is 9.61. The van der Waals surface area contributed by atoms with E-state index in [1.165, 1.54) is 44.9 Å². The summed E-state index contributed by atoms with van der Waals surface area (Å²) < 4.78 is 0. The molecule has 2 aliphatic rings. The van der Waals surface area contributed by atoms with Crippen LogP contribution >= 0.6 is 15.9 Å². The molecule has 10 heavy (non-hydrogen) atoms. The van der Waals surface area contributed by atoms with Gasteiger partial charge in [-0.25, -0.2) is 0 Å². The Kier molecular flexibility index (Phi) is 1.79. The molecule has 58 valence electrons. The lowest BCUT2D eigenvalue weighted by Gasteiger charge is -2.48. The Morgan fingerprint density at radius 1 is 1.00 bits per heavy atom. The first-order chi connectivity index (χ1) is 4.81. The zero-order chi connectivity index (χ0) is 7.03. The maximum absolute atomic E-state index is 3.67. The molecular weight excluding hydrogens is 188 g/mol. The second-order valence-corrected chi connectivity index (χ2v) is 5.36. The predicted octanol–water partition coefficient (Wildman–Crippen LogP) is 3.49. The van der Waals surface area contributed by atoms with Gasteiger partial charge in [-0.05, 0) is 31.1 Å². The summed E-state index contributed by atoms with van der Waals surface area (Å²) in [6.45, 7) is 0. The maximum atomic E-state index is 3.67. The smallest absolute Gasteiger partial charge is 0.0156 e. The Balaban J connectivity index is 1.90. The van der Waals surface area contributed by atoms with Crippen molar-refractivity contribution < 1.29 is 0 Å². The van der Waals surface area contributed by atoms with Crippen molar-refractivity contribution >= 4 is 15.9 Å². The van der Waals surface area contributed by atoms with Gasteiger partial charge in [-0.15, -0.1) is 0 Å². The standard InChI is InChI=1S/C9H15Br/c10-8-6-9(7-8)4-2-1-3-5-9/h8H,1-7H2. The summed E-state index contributed by atoms with van der Waals surface area (Å²) in [5, 5.41) is 0. The molecule has 2 aliphatic carbocycles. The van der Waals surface area contributed by atoms with Crippen LogP contribution in [0.1, 0.15) is 44.9 Å². The van der Waals surface area contributed by atoms with Crippen LogP contribution in [0.4, 0.5) is 0 Å². The summed E-state index contributed by atoms with van der Waals surface area (Å²) in [6, 6.07) is 0. The van der Waals surface area contributed by atoms with Gasteiger partial charge >= 0.3 is 0 Å². The highest BCUT2D eigenvalue weighted by Gasteiger charge is 2.42. The first-order valence-electron chi connectivity index (χ1n) is 4.45. The minimum absolute atomic E-state index is 0.826. The van der Waals surface area contributed by atoms with E-state index in [-0.39, 0.29) is 0 Å². The van der Waals surface area contributed by atoms with Crippen molar-refractivity contribution in [3.8, 4) is 0 Å². The van der Waals surface area contributed by atoms with Gasteiger partial charge < -0.3 is 0 Å². The molecule has 0 aromatic carbocycles. The molecule has 0 bridgehead atoms. The molecule has 1 spiro atoms. The number of hydrogen-bond donors (Lipinski definition) is 0. The van der Waals surface area contributed by atoms with E-state index in [9.17, 15) is 0 Å². The molecule has 0 aliphatic heterocycles. The molecule has 0 radical (unpaired) electrons. The Labute approximate surface area is 71.5 Å². The molecular formula is C9H15Br. The topological polar surface area (TPSA) is 0 Å². The molecule has 0 nitrogen and oxygen atoms in total. The molecule has 0 aromatic rings. The van der Waals surface area contributed by atoms with Crippen LogP contribution < -0.4 is 0 Å². The van der Waals surface area contributed by atoms with Crippen LogP contribution in [0.3, 0.4) is 0 Å². The third kappa shape index (κ3) is 1.13. The van der Waals surface area contributed by atoms with E-state index < -0.39 is 0 Å². The fourth-order valence-electron chi connectivity index (χ4n) is 2.59. The van der Waals surface area contributed by atoms with E-state index in [1.54, 1.807) is 0 Å². The van der Waals surface area contributed by atoms with Crippen molar-refractivity contribution in [2.24, 2.45) is 5.41 Å². The molecule has 1 heteroatoms. The summed E-state index contributed by atoms with van der Waals surface area (Å²) in [5.41, 5.74) is 0.826. The molecule has 0 unspecified atom stereocenters. The third-order valence-corrected chi connectivity index (χ3v) is 3.87. The highest BCUT2D eigenvalue weighted by atomic mass is 79.9. The lowest BCUT2D eigenvalue weighted by molar-refractivity contribution is 0.0872. The summed E-state index contributed by atoms with van der Waals surface area (Å²) in [4.78, 5) is 0.866. The van der Waals surface area contributed by atoms with Crippen molar-refractivity contribution in [1.29, 1.82) is 0 Å². The normalized spacial score (nSPS) is 32.1. The molecule has 2 saturated carbocycles. The van der Waals surface area contributed by atoms with Gasteiger partial charge in [0, 0.05) is 4.83 Å². The Hall–Kier alpha value is 0.480. The summed E-state index contributed by atoms with van der Waals surface area (Å²) in [5.74, 6) is 0. The van der Waals surface area contributed by atoms with Crippen LogP contribution in [0, 0.1) is 5.41 Å². The van der Waals surface area contributed by atoms with Crippen LogP contribution in [-0.2, 0) is 0 Å². The molecule has 2 rings (SSSR count). The van der Waals surface area contributed by atoms with Crippen LogP contribution in [0.15, 0.2) is 0 Å². The Morgan fingerprint density at radius 2 is 1.60 bits per heavy atom. The maximum Gasteiger partial charge on any atom is 0.0156 e. The average molecular weight is 203 g/mol. The van der Waals surface area contributed by atoms with Gasteiger partial charge in [-0.3, -0.25) is 0 Å². The molecule has 0 atom stereocenters. The number of halogens is 1. The molecule has 0 N–H and O–H groups in total. The van der Waals surface area contributed by atoms with Gasteiger partial charge in [-0.2, -0.15) is 0 Å². The van der Waals surface area contributed by atoms with E-state index in [0.717, 1.165) is 10.2 Å². The van der Waals surface area contributed by atoms with Gasteiger partial charge in [0.15, 0.2) is 0 Å². The predicted molar refractivity (Wildman–Crippen MR) is 47.5 cm³/mol. The molecule has 0 heterocycles. The van der Waals surface area contributed by atoms with E-state index in [1.807, 2.05) is 0 Å². The fraction of sp³-hybridized carbons (Fsp3) is 1.00. The third-order valence-electron chi connectivity index (χ3n) is 3.22. The SMILES string of the molecule is BrC1CC2(CCCCC2)C1. The first kappa shape index (κ1) is 7.15. The molecule has 0 saturated heterocycles. The van der Waals surface area contributed by atoms with Crippen molar-refractivity contribution in [3.63, 3.8) is 0 Å². The van der Waals surface area contributed by atoms with E-state index in [2.05, 4.69) is 15.9 Å². The Bertz CT molecular complexity index is 109. The summed E-state index contributed by atoms with van der Waals surface area (Å²) in [7, 11) is 0. The van der Waals surface area contributed by atoms with Gasteiger partial charge in [-0.1, -0.05) is 35.2 Å². The number of hydrogen-bond acceptors (Lipinski definition) is 0. The number of alkyl halides is 1. The van der Waals surface area contributed by atoms with Gasteiger partial charge in [0.25, 0.3) is 0 Å². The van der Waals surface area contributed by atoms with Gasteiger partial charge in [0.05, 0.1) is 0 Å². The van der Waals surface area contributed by atoms with Crippen LogP contribution in [0.2, 0.25) is 0 Å². The van der Waals surface area contributed by atoms with Crippen LogP contribution in [0.5, 0.6) is 0 Å². The van der Waals surface area contributed by atoms with Crippen molar-refractivity contribution in [3.05, 3.63) is 0 Å². The first-order valence-corrected chi connectivity index (χ1v) is 5.36. The largest absolute Gasteiger partial charge is 0.0890 e. The molecule has 0 aromatic heterocycles. The average Bonchev–Trinajstić information content (AvgIpc) is 1.87. The summed E-state index contributed by atoms with van der Waals surface area (Å²) in [6.07, 6.45) is 10.5. The monoisotopic (exact) mass is 202 g/mol. The van der Waals surface area contributed by atoms with E-state index in [4.69, 9.17) is 0 Å². The van der Waals surface area contributed by atoms with Crippen molar-refractivity contribution in [2.75, 3.05) is 0 Å². The quantitative estimate of drug-likeness (QED) is 0.528. The highest BCUT2D eigenvalue weighted by Crippen LogP contribution is 2.53. The number of rotatable bonds is 0. The second-order valence-electron chi connectivity index (χ2n) is 4.07. The molecule has 0 amide bonds. The van der Waals surface area contributed by atoms with Crippen LogP contribution in [0.25, 0.3) is 0 Å². The van der Waals surface area contributed by atoms with Gasteiger partial charge in [0.2, 0.25) is 0 Å². The minimum Gasteiger partial charge on any atom is -0.0890 e. The summed E-state index contributed by atoms with van der Waals surface area (Å²) >= 11 is 3.67. The van der Waals surface area contributed by atoms with E-state index in [0.29, 0.717) is 0 Å². The zero-order valence-corrected chi connectivity index (χ0v) is 7.99. The fourth-order valence-corrected chi connectivity index (χ4v) is 3.96.